The number of hydrogen-bond acceptors (Lipinski definition) is 9. The highest BCUT2D eigenvalue weighted by atomic mass is 32.2. The molecule has 3 N–H and O–H groups in total. The Labute approximate surface area is 201 Å². The van der Waals surface area contributed by atoms with Gasteiger partial charge in [0.05, 0.1) is 11.4 Å². The molecular weight excluding hydrogens is 452 g/mol. The summed E-state index contributed by atoms with van der Waals surface area (Å²) < 4.78 is 5.37. The van der Waals surface area contributed by atoms with E-state index in [1.165, 1.54) is 18.7 Å². The number of thioether (sulfide) groups is 1. The first-order valence-corrected chi connectivity index (χ1v) is 11.3. The summed E-state index contributed by atoms with van der Waals surface area (Å²) in [5.41, 5.74) is 8.12. The van der Waals surface area contributed by atoms with Crippen LogP contribution in [0.4, 0.5) is 11.5 Å². The first kappa shape index (κ1) is 24.7. The lowest BCUT2D eigenvalue weighted by atomic mass is 10.1. The molecule has 9 nitrogen and oxygen atoms in total. The molecule has 0 atom stereocenters. The van der Waals surface area contributed by atoms with Gasteiger partial charge in [0.15, 0.2) is 5.16 Å². The number of esters is 1. The second-order valence-electron chi connectivity index (χ2n) is 8.29. The predicted molar refractivity (Wildman–Crippen MR) is 130 cm³/mol. The van der Waals surface area contributed by atoms with Crippen LogP contribution in [0.2, 0.25) is 0 Å². The summed E-state index contributed by atoms with van der Waals surface area (Å²) in [6.07, 6.45) is 0. The molecule has 0 radical (unpaired) electrons. The van der Waals surface area contributed by atoms with Crippen molar-refractivity contribution in [2.24, 2.45) is 0 Å². The van der Waals surface area contributed by atoms with Crippen LogP contribution in [0.1, 0.15) is 49.4 Å². The molecule has 2 aromatic heterocycles. The number of anilines is 2. The molecule has 10 heteroatoms. The Morgan fingerprint density at radius 1 is 1.12 bits per heavy atom. The van der Waals surface area contributed by atoms with Gasteiger partial charge in [-0.3, -0.25) is 4.79 Å². The summed E-state index contributed by atoms with van der Waals surface area (Å²) in [6, 6.07) is 14.1. The SMILES string of the molecule is CC(=O)Nc1ccc(-c2nc(SCc3cccc(C(=O)OC(C)(C)C)n3)nc(N)c2C#N)cc1. The van der Waals surface area contributed by atoms with Crippen LogP contribution in [-0.2, 0) is 15.3 Å². The van der Waals surface area contributed by atoms with Crippen molar-refractivity contribution in [1.82, 2.24) is 15.0 Å². The average Bonchev–Trinajstić information content (AvgIpc) is 2.76. The summed E-state index contributed by atoms with van der Waals surface area (Å²) in [4.78, 5) is 36.7. The number of nitrogens with one attached hydrogen (secondary N) is 1. The molecule has 0 saturated carbocycles. The summed E-state index contributed by atoms with van der Waals surface area (Å²) in [5.74, 6) is -0.234. The number of carbonyl (C=O) groups is 2. The average molecular weight is 477 g/mol. The van der Waals surface area contributed by atoms with Crippen molar-refractivity contribution >= 4 is 35.1 Å². The Morgan fingerprint density at radius 2 is 1.82 bits per heavy atom. The van der Waals surface area contributed by atoms with Gasteiger partial charge in [0, 0.05) is 23.9 Å². The van der Waals surface area contributed by atoms with Gasteiger partial charge in [0.25, 0.3) is 0 Å². The molecule has 2 heterocycles. The van der Waals surface area contributed by atoms with Gasteiger partial charge in [-0.2, -0.15) is 5.26 Å². The fraction of sp³-hybridized carbons (Fsp3) is 0.250. The summed E-state index contributed by atoms with van der Waals surface area (Å²) in [7, 11) is 0. The van der Waals surface area contributed by atoms with Gasteiger partial charge in [0.2, 0.25) is 5.91 Å². The lowest BCUT2D eigenvalue weighted by Crippen LogP contribution is -2.24. The Balaban J connectivity index is 1.82. The van der Waals surface area contributed by atoms with Crippen molar-refractivity contribution in [1.29, 1.82) is 5.26 Å². The molecule has 0 saturated heterocycles. The number of nitrogens with two attached hydrogens (primary N) is 1. The summed E-state index contributed by atoms with van der Waals surface area (Å²) in [5, 5.41) is 12.6. The Kier molecular flexibility index (Phi) is 7.48. The molecule has 0 bridgehead atoms. The Hall–Kier alpha value is -3.97. The molecule has 0 spiro atoms. The maximum atomic E-state index is 12.3. The highest BCUT2D eigenvalue weighted by Crippen LogP contribution is 2.29. The molecule has 34 heavy (non-hydrogen) atoms. The minimum atomic E-state index is -0.617. The monoisotopic (exact) mass is 476 g/mol. The lowest BCUT2D eigenvalue weighted by Gasteiger charge is -2.19. The van der Waals surface area contributed by atoms with E-state index in [9.17, 15) is 14.9 Å². The van der Waals surface area contributed by atoms with E-state index < -0.39 is 11.6 Å². The third-order valence-electron chi connectivity index (χ3n) is 4.27. The zero-order chi connectivity index (χ0) is 24.9. The Bertz CT molecular complexity index is 1260. The van der Waals surface area contributed by atoms with Crippen LogP contribution in [0, 0.1) is 11.3 Å². The second kappa shape index (κ2) is 10.3. The van der Waals surface area contributed by atoms with Crippen molar-refractivity contribution in [3.05, 3.63) is 59.4 Å². The fourth-order valence-corrected chi connectivity index (χ4v) is 3.65. The van der Waals surface area contributed by atoms with Crippen LogP contribution in [0.25, 0.3) is 11.3 Å². The van der Waals surface area contributed by atoms with Gasteiger partial charge in [-0.25, -0.2) is 19.7 Å². The van der Waals surface area contributed by atoms with Gasteiger partial charge in [0.1, 0.15) is 28.7 Å². The Morgan fingerprint density at radius 3 is 2.44 bits per heavy atom. The van der Waals surface area contributed by atoms with Crippen LogP contribution in [0.3, 0.4) is 0 Å². The molecule has 0 aliphatic rings. The number of ether oxygens (including phenoxy) is 1. The number of nitriles is 1. The zero-order valence-corrected chi connectivity index (χ0v) is 20.1. The molecule has 0 aliphatic carbocycles. The molecule has 3 aromatic rings. The molecule has 0 unspecified atom stereocenters. The lowest BCUT2D eigenvalue weighted by molar-refractivity contribution is -0.114. The highest BCUT2D eigenvalue weighted by Gasteiger charge is 2.19. The topological polar surface area (TPSA) is 144 Å². The van der Waals surface area contributed by atoms with E-state index in [1.54, 1.807) is 63.2 Å². The van der Waals surface area contributed by atoms with E-state index in [1.807, 2.05) is 0 Å². The number of nitrogen functional groups attached to an aromatic ring is 1. The number of rotatable bonds is 6. The van der Waals surface area contributed by atoms with Crippen molar-refractivity contribution in [2.45, 2.75) is 44.2 Å². The van der Waals surface area contributed by atoms with E-state index in [-0.39, 0.29) is 23.0 Å². The third kappa shape index (κ3) is 6.52. The first-order valence-electron chi connectivity index (χ1n) is 10.3. The number of nitrogens with zero attached hydrogens (tertiary/aromatic N) is 4. The molecular formula is C24H24N6O3S. The molecule has 0 aliphatic heterocycles. The van der Waals surface area contributed by atoms with Gasteiger partial charge in [-0.1, -0.05) is 30.0 Å². The maximum absolute atomic E-state index is 12.3. The minimum Gasteiger partial charge on any atom is -0.455 e. The zero-order valence-electron chi connectivity index (χ0n) is 19.2. The van der Waals surface area contributed by atoms with E-state index in [0.717, 1.165) is 0 Å². The molecule has 3 rings (SSSR count). The second-order valence-corrected chi connectivity index (χ2v) is 9.23. The summed E-state index contributed by atoms with van der Waals surface area (Å²) >= 11 is 1.28. The predicted octanol–water partition coefficient (Wildman–Crippen LogP) is 4.20. The fourth-order valence-electron chi connectivity index (χ4n) is 2.90. The van der Waals surface area contributed by atoms with Crippen molar-refractivity contribution in [2.75, 3.05) is 11.1 Å². The van der Waals surface area contributed by atoms with E-state index in [2.05, 4.69) is 26.3 Å². The van der Waals surface area contributed by atoms with E-state index >= 15 is 0 Å². The van der Waals surface area contributed by atoms with E-state index in [4.69, 9.17) is 10.5 Å². The standard InChI is InChI=1S/C24H24N6O3S/c1-14(31)27-16-10-8-15(9-11-16)20-18(12-25)21(26)30-23(29-20)34-13-17-6-5-7-19(28-17)22(32)33-24(2,3)4/h5-11H,13H2,1-4H3,(H,27,31)(H2,26,29,30). The number of aromatic nitrogens is 3. The van der Waals surface area contributed by atoms with Crippen LogP contribution in [-0.4, -0.2) is 32.4 Å². The number of benzene rings is 1. The molecule has 0 fully saturated rings. The van der Waals surface area contributed by atoms with E-state index in [0.29, 0.717) is 33.5 Å². The quantitative estimate of drug-likeness (QED) is 0.304. The third-order valence-corrected chi connectivity index (χ3v) is 5.15. The van der Waals surface area contributed by atoms with Gasteiger partial charge in [-0.05, 0) is 45.0 Å². The molecule has 1 amide bonds. The van der Waals surface area contributed by atoms with Gasteiger partial charge < -0.3 is 15.8 Å². The minimum absolute atomic E-state index is 0.0661. The first-order chi connectivity index (χ1) is 16.1. The van der Waals surface area contributed by atoms with Crippen LogP contribution in [0.5, 0.6) is 0 Å². The van der Waals surface area contributed by atoms with Crippen LogP contribution < -0.4 is 11.1 Å². The van der Waals surface area contributed by atoms with Gasteiger partial charge >= 0.3 is 5.97 Å². The van der Waals surface area contributed by atoms with Gasteiger partial charge in [-0.15, -0.1) is 0 Å². The highest BCUT2D eigenvalue weighted by molar-refractivity contribution is 7.98. The number of amides is 1. The van der Waals surface area contributed by atoms with Crippen molar-refractivity contribution in [3.63, 3.8) is 0 Å². The smallest absolute Gasteiger partial charge is 0.357 e. The number of carbonyl (C=O) groups excluding carboxylic acids is 2. The largest absolute Gasteiger partial charge is 0.455 e. The van der Waals surface area contributed by atoms with Crippen LogP contribution >= 0.6 is 11.8 Å². The number of hydrogen-bond donors (Lipinski definition) is 2. The van der Waals surface area contributed by atoms with Crippen LogP contribution in [0.15, 0.2) is 47.6 Å². The summed E-state index contributed by atoms with van der Waals surface area (Å²) in [6.45, 7) is 6.81. The van der Waals surface area contributed by atoms with Crippen molar-refractivity contribution in [3.8, 4) is 17.3 Å². The molecule has 174 valence electrons. The number of pyridine rings is 1. The van der Waals surface area contributed by atoms with Crippen molar-refractivity contribution < 1.29 is 14.3 Å². The molecule has 1 aromatic carbocycles. The maximum Gasteiger partial charge on any atom is 0.357 e. The normalized spacial score (nSPS) is 10.9.